The molecule has 2 heterocycles. The summed E-state index contributed by atoms with van der Waals surface area (Å²) >= 11 is 0. The average Bonchev–Trinajstić information content (AvgIpc) is 2.94. The highest BCUT2D eigenvalue weighted by Crippen LogP contribution is 2.38. The maximum Gasteiger partial charge on any atom is 0.257 e. The summed E-state index contributed by atoms with van der Waals surface area (Å²) in [6, 6.07) is 4.43. The number of nitrogens with zero attached hydrogens (tertiary/aromatic N) is 1. The second-order valence-electron chi connectivity index (χ2n) is 5.89. The van der Waals surface area contributed by atoms with E-state index in [9.17, 15) is 14.7 Å². The van der Waals surface area contributed by atoms with E-state index in [-0.39, 0.29) is 28.5 Å². The fourth-order valence-electron chi connectivity index (χ4n) is 2.88. The highest BCUT2D eigenvalue weighted by molar-refractivity contribution is 6.02. The lowest BCUT2D eigenvalue weighted by atomic mass is 9.85. The molecule has 3 rings (SSSR count). The molecular weight excluding hydrogens is 284 g/mol. The smallest absolute Gasteiger partial charge is 0.257 e. The maximum atomic E-state index is 12.6. The van der Waals surface area contributed by atoms with E-state index in [1.54, 1.807) is 11.0 Å². The van der Waals surface area contributed by atoms with E-state index >= 15 is 0 Å². The van der Waals surface area contributed by atoms with Gasteiger partial charge in [0.15, 0.2) is 0 Å². The van der Waals surface area contributed by atoms with Crippen molar-refractivity contribution in [3.05, 3.63) is 36.4 Å². The molecule has 0 unspecified atom stereocenters. The fraction of sp³-hybridized carbons (Fsp3) is 0.375. The molecule has 22 heavy (non-hydrogen) atoms. The monoisotopic (exact) mass is 302 g/mol. The number of aromatic hydroxyl groups is 1. The van der Waals surface area contributed by atoms with E-state index in [4.69, 9.17) is 4.74 Å². The molecule has 1 aromatic carbocycles. The van der Waals surface area contributed by atoms with Crippen LogP contribution in [0.3, 0.4) is 0 Å². The van der Waals surface area contributed by atoms with Crippen LogP contribution in [-0.2, 0) is 9.53 Å². The molecule has 1 spiro atoms. The number of benzene rings is 1. The third-order valence-corrected chi connectivity index (χ3v) is 4.22. The summed E-state index contributed by atoms with van der Waals surface area (Å²) < 4.78 is 5.25. The minimum absolute atomic E-state index is 0.0904. The molecule has 0 radical (unpaired) electrons. The first-order valence-corrected chi connectivity index (χ1v) is 7.16. The van der Waals surface area contributed by atoms with E-state index in [1.165, 1.54) is 12.1 Å². The van der Waals surface area contributed by atoms with Gasteiger partial charge in [0.25, 0.3) is 5.91 Å². The summed E-state index contributed by atoms with van der Waals surface area (Å²) in [5.41, 5.74) is 0.742. The highest BCUT2D eigenvalue weighted by atomic mass is 16.5. The number of anilines is 1. The minimum Gasteiger partial charge on any atom is -0.507 e. The van der Waals surface area contributed by atoms with Gasteiger partial charge in [-0.05, 0) is 30.7 Å². The molecule has 116 valence electrons. The van der Waals surface area contributed by atoms with Crippen molar-refractivity contribution in [2.24, 2.45) is 5.41 Å². The number of phenolic OH excluding ortho intramolecular Hbond substituents is 1. The van der Waals surface area contributed by atoms with Crippen LogP contribution in [0, 0.1) is 5.41 Å². The van der Waals surface area contributed by atoms with Gasteiger partial charge in [0, 0.05) is 24.2 Å². The van der Waals surface area contributed by atoms with Crippen LogP contribution in [0.1, 0.15) is 16.8 Å². The summed E-state index contributed by atoms with van der Waals surface area (Å²) in [5.74, 6) is -0.681. The number of amides is 2. The molecule has 0 bridgehead atoms. The second-order valence-corrected chi connectivity index (χ2v) is 5.89. The molecule has 2 amide bonds. The summed E-state index contributed by atoms with van der Waals surface area (Å²) in [7, 11) is 0. The Balaban J connectivity index is 1.78. The SMILES string of the molecule is C=CC(=O)Nc1ccc(O)c(C(=O)N2CCC3(COC3)C2)c1. The van der Waals surface area contributed by atoms with E-state index < -0.39 is 0 Å². The first kappa shape index (κ1) is 14.6. The van der Waals surface area contributed by atoms with Crippen LogP contribution in [0.2, 0.25) is 0 Å². The molecule has 2 fully saturated rings. The fourth-order valence-corrected chi connectivity index (χ4v) is 2.88. The molecular formula is C16H18N2O4. The largest absolute Gasteiger partial charge is 0.507 e. The van der Waals surface area contributed by atoms with Crippen molar-refractivity contribution < 1.29 is 19.4 Å². The Hall–Kier alpha value is -2.34. The van der Waals surface area contributed by atoms with Gasteiger partial charge in [0.2, 0.25) is 5.91 Å². The van der Waals surface area contributed by atoms with Gasteiger partial charge < -0.3 is 20.1 Å². The molecule has 2 aliphatic heterocycles. The van der Waals surface area contributed by atoms with Crippen LogP contribution >= 0.6 is 0 Å². The summed E-state index contributed by atoms with van der Waals surface area (Å²) in [5, 5.41) is 12.5. The van der Waals surface area contributed by atoms with Crippen LogP contribution in [0.5, 0.6) is 5.75 Å². The van der Waals surface area contributed by atoms with Gasteiger partial charge in [-0.25, -0.2) is 0 Å². The van der Waals surface area contributed by atoms with Crippen LogP contribution in [0.15, 0.2) is 30.9 Å². The quantitative estimate of drug-likeness (QED) is 0.653. The summed E-state index contributed by atoms with van der Waals surface area (Å²) in [4.78, 5) is 25.7. The molecule has 2 saturated heterocycles. The predicted octanol–water partition coefficient (Wildman–Crippen LogP) is 1.38. The summed E-state index contributed by atoms with van der Waals surface area (Å²) in [6.45, 7) is 6.07. The zero-order valence-corrected chi connectivity index (χ0v) is 12.2. The Bertz CT molecular complexity index is 637. The molecule has 0 atom stereocenters. The number of rotatable bonds is 3. The van der Waals surface area contributed by atoms with E-state index in [0.29, 0.717) is 32.0 Å². The molecule has 0 aromatic heterocycles. The Morgan fingerprint density at radius 3 is 2.77 bits per heavy atom. The third-order valence-electron chi connectivity index (χ3n) is 4.22. The van der Waals surface area contributed by atoms with Gasteiger partial charge in [-0.1, -0.05) is 6.58 Å². The van der Waals surface area contributed by atoms with E-state index in [2.05, 4.69) is 11.9 Å². The number of likely N-dealkylation sites (tertiary alicyclic amines) is 1. The highest BCUT2D eigenvalue weighted by Gasteiger charge is 2.46. The Morgan fingerprint density at radius 1 is 1.41 bits per heavy atom. The molecule has 0 saturated carbocycles. The van der Waals surface area contributed by atoms with Gasteiger partial charge in [-0.15, -0.1) is 0 Å². The lowest BCUT2D eigenvalue weighted by molar-refractivity contribution is -0.111. The molecule has 6 heteroatoms. The summed E-state index contributed by atoms with van der Waals surface area (Å²) in [6.07, 6.45) is 2.07. The van der Waals surface area contributed by atoms with Gasteiger partial charge in [-0.3, -0.25) is 9.59 Å². The van der Waals surface area contributed by atoms with Gasteiger partial charge in [0.05, 0.1) is 18.8 Å². The first-order chi connectivity index (χ1) is 10.5. The third kappa shape index (κ3) is 2.57. The normalized spacial score (nSPS) is 18.8. The van der Waals surface area contributed by atoms with Crippen LogP contribution in [-0.4, -0.2) is 48.1 Å². The van der Waals surface area contributed by atoms with Crippen molar-refractivity contribution in [1.29, 1.82) is 0 Å². The van der Waals surface area contributed by atoms with Crippen molar-refractivity contribution in [3.8, 4) is 5.75 Å². The number of carbonyl (C=O) groups is 2. The molecule has 2 N–H and O–H groups in total. The van der Waals surface area contributed by atoms with Gasteiger partial charge in [0.1, 0.15) is 5.75 Å². The van der Waals surface area contributed by atoms with Crippen molar-refractivity contribution in [1.82, 2.24) is 4.90 Å². The second kappa shape index (κ2) is 5.46. The zero-order chi connectivity index (χ0) is 15.7. The van der Waals surface area contributed by atoms with Crippen molar-refractivity contribution in [2.45, 2.75) is 6.42 Å². The molecule has 0 aliphatic carbocycles. The predicted molar refractivity (Wildman–Crippen MR) is 80.7 cm³/mol. The number of ether oxygens (including phenoxy) is 1. The minimum atomic E-state index is -0.365. The van der Waals surface area contributed by atoms with E-state index in [1.807, 2.05) is 0 Å². The average molecular weight is 302 g/mol. The number of phenols is 1. The van der Waals surface area contributed by atoms with Gasteiger partial charge >= 0.3 is 0 Å². The number of hydrogen-bond acceptors (Lipinski definition) is 4. The van der Waals surface area contributed by atoms with Crippen molar-refractivity contribution in [3.63, 3.8) is 0 Å². The Labute approximate surface area is 128 Å². The molecule has 6 nitrogen and oxygen atoms in total. The number of hydrogen-bond donors (Lipinski definition) is 2. The Kier molecular flexibility index (Phi) is 3.62. The number of carbonyl (C=O) groups excluding carboxylic acids is 2. The maximum absolute atomic E-state index is 12.6. The Morgan fingerprint density at radius 2 is 2.18 bits per heavy atom. The van der Waals surface area contributed by atoms with Crippen LogP contribution < -0.4 is 5.32 Å². The number of nitrogens with one attached hydrogen (secondary N) is 1. The van der Waals surface area contributed by atoms with Crippen LogP contribution in [0.25, 0.3) is 0 Å². The zero-order valence-electron chi connectivity index (χ0n) is 12.2. The lowest BCUT2D eigenvalue weighted by Gasteiger charge is -2.37. The molecule has 2 aliphatic rings. The van der Waals surface area contributed by atoms with Crippen LogP contribution in [0.4, 0.5) is 5.69 Å². The lowest BCUT2D eigenvalue weighted by Crippen LogP contribution is -2.45. The first-order valence-electron chi connectivity index (χ1n) is 7.16. The molecule has 1 aromatic rings. The van der Waals surface area contributed by atoms with Crippen molar-refractivity contribution in [2.75, 3.05) is 31.6 Å². The van der Waals surface area contributed by atoms with E-state index in [0.717, 1.165) is 12.5 Å². The van der Waals surface area contributed by atoms with Gasteiger partial charge in [-0.2, -0.15) is 0 Å². The topological polar surface area (TPSA) is 78.9 Å². The standard InChI is InChI=1S/C16H18N2O4/c1-2-14(20)17-11-3-4-13(19)12(7-11)15(21)18-6-5-16(8-18)9-22-10-16/h2-4,7,19H,1,5-6,8-10H2,(H,17,20). The van der Waals surface area contributed by atoms with Crippen molar-refractivity contribution >= 4 is 17.5 Å².